The highest BCUT2D eigenvalue weighted by Crippen LogP contribution is 2.34. The number of nitriles is 1. The second kappa shape index (κ2) is 12.1. The van der Waals surface area contributed by atoms with Crippen molar-refractivity contribution in [1.29, 1.82) is 5.26 Å². The molecule has 0 saturated heterocycles. The fourth-order valence-electron chi connectivity index (χ4n) is 4.59. The normalized spacial score (nSPS) is 15.4. The lowest BCUT2D eigenvalue weighted by Crippen LogP contribution is -2.50. The van der Waals surface area contributed by atoms with Crippen molar-refractivity contribution in [3.63, 3.8) is 0 Å². The molecule has 2 amide bonds. The maximum absolute atomic E-state index is 13.5. The second-order valence-corrected chi connectivity index (χ2v) is 10.3. The van der Waals surface area contributed by atoms with Crippen LogP contribution in [0.5, 0.6) is 11.5 Å². The molecular formula is C29H38N4O4. The molecule has 1 aliphatic heterocycles. The van der Waals surface area contributed by atoms with Gasteiger partial charge in [-0.3, -0.25) is 14.6 Å². The lowest BCUT2D eigenvalue weighted by Gasteiger charge is -2.37. The summed E-state index contributed by atoms with van der Waals surface area (Å²) in [6.07, 6.45) is -0.158. The summed E-state index contributed by atoms with van der Waals surface area (Å²) in [5, 5.41) is 12.4. The van der Waals surface area contributed by atoms with Crippen LogP contribution in [0.1, 0.15) is 58.7 Å². The summed E-state index contributed by atoms with van der Waals surface area (Å²) in [4.78, 5) is 30.3. The van der Waals surface area contributed by atoms with Gasteiger partial charge in [-0.1, -0.05) is 24.3 Å². The van der Waals surface area contributed by atoms with Crippen molar-refractivity contribution in [2.45, 2.75) is 71.7 Å². The molecule has 2 aromatic carbocycles. The summed E-state index contributed by atoms with van der Waals surface area (Å²) in [7, 11) is 0. The number of hydrogen-bond donors (Lipinski definition) is 1. The number of nitrogens with zero attached hydrogens (tertiary/aromatic N) is 3. The molecule has 0 aromatic heterocycles. The summed E-state index contributed by atoms with van der Waals surface area (Å²) in [6, 6.07) is 16.8. The van der Waals surface area contributed by atoms with E-state index in [0.717, 1.165) is 16.9 Å². The number of carbonyl (C=O) groups excluding carboxylic acids is 2. The first-order valence-corrected chi connectivity index (χ1v) is 12.8. The summed E-state index contributed by atoms with van der Waals surface area (Å²) < 4.78 is 11.4. The number of hydrogen-bond acceptors (Lipinski definition) is 6. The Morgan fingerprint density at radius 1 is 1.11 bits per heavy atom. The van der Waals surface area contributed by atoms with E-state index in [4.69, 9.17) is 9.47 Å². The SMILES string of the molecule is CC(C)N(CCNC(=O)C1c2ccc(Oc3ccccc3)cc2CCN1C(=O)OC(C)(C)C#N)C(C)C. The van der Waals surface area contributed by atoms with Crippen LogP contribution in [-0.4, -0.2) is 59.1 Å². The molecule has 1 heterocycles. The van der Waals surface area contributed by atoms with Crippen molar-refractivity contribution < 1.29 is 19.1 Å². The predicted molar refractivity (Wildman–Crippen MR) is 142 cm³/mol. The number of carbonyl (C=O) groups is 2. The Balaban J connectivity index is 1.85. The van der Waals surface area contributed by atoms with Crippen molar-refractivity contribution in [2.75, 3.05) is 19.6 Å². The second-order valence-electron chi connectivity index (χ2n) is 10.3. The number of benzene rings is 2. The van der Waals surface area contributed by atoms with Crippen molar-refractivity contribution in [1.82, 2.24) is 15.1 Å². The largest absolute Gasteiger partial charge is 0.457 e. The Morgan fingerprint density at radius 2 is 1.78 bits per heavy atom. The molecule has 8 heteroatoms. The molecule has 3 rings (SSSR count). The molecular weight excluding hydrogens is 468 g/mol. The van der Waals surface area contributed by atoms with Gasteiger partial charge in [0.05, 0.1) is 0 Å². The van der Waals surface area contributed by atoms with Crippen LogP contribution in [0.25, 0.3) is 0 Å². The maximum Gasteiger partial charge on any atom is 0.412 e. The number of para-hydroxylation sites is 1. The Bertz CT molecular complexity index is 1120. The minimum atomic E-state index is -1.30. The van der Waals surface area contributed by atoms with E-state index >= 15 is 0 Å². The van der Waals surface area contributed by atoms with Crippen LogP contribution in [0.3, 0.4) is 0 Å². The molecule has 0 saturated carbocycles. The van der Waals surface area contributed by atoms with Gasteiger partial charge in [-0.2, -0.15) is 5.26 Å². The van der Waals surface area contributed by atoms with Crippen LogP contribution in [-0.2, 0) is 16.0 Å². The minimum absolute atomic E-state index is 0.281. The quantitative estimate of drug-likeness (QED) is 0.511. The van der Waals surface area contributed by atoms with Gasteiger partial charge in [0.15, 0.2) is 5.60 Å². The van der Waals surface area contributed by atoms with E-state index in [9.17, 15) is 14.9 Å². The molecule has 0 spiro atoms. The Labute approximate surface area is 220 Å². The van der Waals surface area contributed by atoms with Gasteiger partial charge in [-0.15, -0.1) is 0 Å². The van der Waals surface area contributed by atoms with E-state index in [2.05, 4.69) is 37.9 Å². The van der Waals surface area contributed by atoms with Gasteiger partial charge >= 0.3 is 6.09 Å². The molecule has 198 valence electrons. The lowest BCUT2D eigenvalue weighted by atomic mass is 9.92. The Kier molecular flexibility index (Phi) is 9.17. The molecule has 0 bridgehead atoms. The summed E-state index contributed by atoms with van der Waals surface area (Å²) >= 11 is 0. The number of rotatable bonds is 9. The standard InChI is InChI=1S/C29H38N4O4/c1-20(2)32(21(3)4)17-15-31-27(34)26-25-13-12-24(36-23-10-8-7-9-11-23)18-22(25)14-16-33(26)28(35)37-29(5,6)19-30/h7-13,18,20-21,26H,14-17H2,1-6H3,(H,31,34). The van der Waals surface area contributed by atoms with Crippen LogP contribution in [0.15, 0.2) is 48.5 Å². The van der Waals surface area contributed by atoms with Crippen molar-refractivity contribution in [2.24, 2.45) is 0 Å². The van der Waals surface area contributed by atoms with Gasteiger partial charge in [0.1, 0.15) is 23.6 Å². The predicted octanol–water partition coefficient (Wildman–Crippen LogP) is 5.05. The third-order valence-electron chi connectivity index (χ3n) is 6.41. The number of fused-ring (bicyclic) bond motifs is 1. The van der Waals surface area contributed by atoms with Crippen LogP contribution >= 0.6 is 0 Å². The first-order valence-electron chi connectivity index (χ1n) is 12.8. The van der Waals surface area contributed by atoms with E-state index in [-0.39, 0.29) is 12.5 Å². The van der Waals surface area contributed by atoms with E-state index in [1.165, 1.54) is 18.7 Å². The van der Waals surface area contributed by atoms with E-state index in [0.29, 0.717) is 37.3 Å². The fraction of sp³-hybridized carbons (Fsp3) is 0.483. The third kappa shape index (κ3) is 7.23. The van der Waals surface area contributed by atoms with Gasteiger partial charge in [-0.25, -0.2) is 4.79 Å². The minimum Gasteiger partial charge on any atom is -0.457 e. The van der Waals surface area contributed by atoms with Crippen LogP contribution in [0.2, 0.25) is 0 Å². The zero-order chi connectivity index (χ0) is 27.2. The molecule has 1 atom stereocenters. The van der Waals surface area contributed by atoms with E-state index < -0.39 is 17.7 Å². The van der Waals surface area contributed by atoms with Crippen LogP contribution < -0.4 is 10.1 Å². The van der Waals surface area contributed by atoms with Gasteiger partial charge < -0.3 is 14.8 Å². The van der Waals surface area contributed by atoms with Crippen LogP contribution in [0.4, 0.5) is 4.79 Å². The van der Waals surface area contributed by atoms with Gasteiger partial charge in [-0.05, 0) is 83.4 Å². The summed E-state index contributed by atoms with van der Waals surface area (Å²) in [6.45, 7) is 13.0. The lowest BCUT2D eigenvalue weighted by molar-refractivity contribution is -0.127. The average Bonchev–Trinajstić information content (AvgIpc) is 2.85. The zero-order valence-electron chi connectivity index (χ0n) is 22.7. The molecule has 37 heavy (non-hydrogen) atoms. The zero-order valence-corrected chi connectivity index (χ0v) is 22.7. The van der Waals surface area contributed by atoms with Gasteiger partial charge in [0.2, 0.25) is 5.91 Å². The van der Waals surface area contributed by atoms with Crippen molar-refractivity contribution >= 4 is 12.0 Å². The fourth-order valence-corrected chi connectivity index (χ4v) is 4.59. The number of nitrogens with one attached hydrogen (secondary N) is 1. The van der Waals surface area contributed by atoms with E-state index in [1.807, 2.05) is 48.5 Å². The molecule has 1 aliphatic rings. The van der Waals surface area contributed by atoms with Crippen molar-refractivity contribution in [3.8, 4) is 17.6 Å². The third-order valence-corrected chi connectivity index (χ3v) is 6.41. The molecule has 0 aliphatic carbocycles. The summed E-state index contributed by atoms with van der Waals surface area (Å²) in [5.41, 5.74) is 0.351. The number of amides is 2. The molecule has 2 aromatic rings. The molecule has 1 unspecified atom stereocenters. The Hall–Kier alpha value is -3.57. The molecule has 8 nitrogen and oxygen atoms in total. The summed E-state index contributed by atoms with van der Waals surface area (Å²) in [5.74, 6) is 1.10. The monoisotopic (exact) mass is 506 g/mol. The van der Waals surface area contributed by atoms with Crippen LogP contribution in [0, 0.1) is 11.3 Å². The smallest absolute Gasteiger partial charge is 0.412 e. The highest BCUT2D eigenvalue weighted by molar-refractivity contribution is 5.88. The van der Waals surface area contributed by atoms with Gasteiger partial charge in [0, 0.05) is 31.7 Å². The maximum atomic E-state index is 13.5. The first-order chi connectivity index (χ1) is 17.5. The topological polar surface area (TPSA) is 94.9 Å². The highest BCUT2D eigenvalue weighted by Gasteiger charge is 2.39. The molecule has 1 N–H and O–H groups in total. The molecule has 0 radical (unpaired) electrons. The molecule has 0 fully saturated rings. The highest BCUT2D eigenvalue weighted by atomic mass is 16.6. The van der Waals surface area contributed by atoms with Crippen molar-refractivity contribution in [3.05, 3.63) is 59.7 Å². The van der Waals surface area contributed by atoms with Gasteiger partial charge in [0.25, 0.3) is 0 Å². The first kappa shape index (κ1) is 28.0. The number of ether oxygens (including phenoxy) is 2. The average molecular weight is 507 g/mol. The Morgan fingerprint density at radius 3 is 2.41 bits per heavy atom. The van der Waals surface area contributed by atoms with E-state index in [1.54, 1.807) is 6.07 Å².